The minimum atomic E-state index is -0.419. The van der Waals surface area contributed by atoms with Crippen LogP contribution in [-0.4, -0.2) is 35.8 Å². The average molecular weight is 242 g/mol. The molecule has 1 rings (SSSR count). The van der Waals surface area contributed by atoms with Crippen LogP contribution in [0.2, 0.25) is 0 Å². The number of ether oxygens (including phenoxy) is 1. The lowest BCUT2D eigenvalue weighted by atomic mass is 10.1. The molecule has 0 spiro atoms. The fraction of sp³-hybridized carbons (Fsp3) is 0.917. The van der Waals surface area contributed by atoms with Crippen molar-refractivity contribution >= 4 is 11.8 Å². The Morgan fingerprint density at radius 3 is 2.88 bits per heavy atom. The zero-order valence-corrected chi connectivity index (χ0v) is 11.3. The van der Waals surface area contributed by atoms with Crippen LogP contribution in [0.1, 0.15) is 33.6 Å². The summed E-state index contributed by atoms with van der Waals surface area (Å²) in [4.78, 5) is 0. The van der Waals surface area contributed by atoms with Gasteiger partial charge in [-0.25, -0.2) is 0 Å². The highest BCUT2D eigenvalue weighted by atomic mass is 32.2. The van der Waals surface area contributed by atoms with Gasteiger partial charge in [0.1, 0.15) is 5.54 Å². The molecule has 0 bridgehead atoms. The second kappa shape index (κ2) is 6.48. The Labute approximate surface area is 103 Å². The summed E-state index contributed by atoms with van der Waals surface area (Å²) in [6.07, 6.45) is 2.77. The zero-order chi connectivity index (χ0) is 12.0. The Morgan fingerprint density at radius 2 is 2.38 bits per heavy atom. The molecule has 4 heteroatoms. The predicted molar refractivity (Wildman–Crippen MR) is 68.6 cm³/mol. The molecule has 1 N–H and O–H groups in total. The Bertz CT molecular complexity index is 246. The Hall–Kier alpha value is -0.240. The molecule has 1 aliphatic heterocycles. The lowest BCUT2D eigenvalue weighted by molar-refractivity contribution is 0.129. The molecule has 0 aromatic rings. The number of thioether (sulfide) groups is 1. The third-order valence-corrected chi connectivity index (χ3v) is 3.96. The van der Waals surface area contributed by atoms with Crippen LogP contribution in [0, 0.1) is 11.3 Å². The van der Waals surface area contributed by atoms with Crippen LogP contribution in [0.5, 0.6) is 0 Å². The maximum atomic E-state index is 9.17. The molecular formula is C12H22N2OS. The van der Waals surface area contributed by atoms with Crippen molar-refractivity contribution in [3.63, 3.8) is 0 Å². The summed E-state index contributed by atoms with van der Waals surface area (Å²) in [7, 11) is 0. The van der Waals surface area contributed by atoms with Gasteiger partial charge in [-0.05, 0) is 33.6 Å². The van der Waals surface area contributed by atoms with Gasteiger partial charge in [0, 0.05) is 24.2 Å². The second-order valence-corrected chi connectivity index (χ2v) is 5.92. The summed E-state index contributed by atoms with van der Waals surface area (Å²) in [5, 5.41) is 12.5. The van der Waals surface area contributed by atoms with E-state index in [0.29, 0.717) is 12.1 Å². The van der Waals surface area contributed by atoms with E-state index in [2.05, 4.69) is 25.2 Å². The van der Waals surface area contributed by atoms with E-state index in [0.717, 1.165) is 18.1 Å². The highest BCUT2D eigenvalue weighted by Gasteiger charge is 2.25. The van der Waals surface area contributed by atoms with E-state index in [-0.39, 0.29) is 0 Å². The van der Waals surface area contributed by atoms with Gasteiger partial charge in [-0.3, -0.25) is 5.32 Å². The monoisotopic (exact) mass is 242 g/mol. The molecule has 0 amide bonds. The summed E-state index contributed by atoms with van der Waals surface area (Å²) >= 11 is 1.81. The largest absolute Gasteiger partial charge is 0.377 e. The topological polar surface area (TPSA) is 45.0 Å². The van der Waals surface area contributed by atoms with E-state index in [4.69, 9.17) is 10.00 Å². The third-order valence-electron chi connectivity index (χ3n) is 2.57. The van der Waals surface area contributed by atoms with Gasteiger partial charge in [-0.15, -0.1) is 0 Å². The van der Waals surface area contributed by atoms with E-state index >= 15 is 0 Å². The van der Waals surface area contributed by atoms with Gasteiger partial charge < -0.3 is 4.74 Å². The van der Waals surface area contributed by atoms with Crippen LogP contribution in [0.4, 0.5) is 0 Å². The zero-order valence-electron chi connectivity index (χ0n) is 10.5. The first-order valence-corrected chi connectivity index (χ1v) is 7.09. The molecule has 0 radical (unpaired) electrons. The van der Waals surface area contributed by atoms with Crippen LogP contribution in [0.15, 0.2) is 0 Å². The number of hydrogen-bond acceptors (Lipinski definition) is 4. The fourth-order valence-corrected chi connectivity index (χ4v) is 3.11. The molecule has 2 atom stereocenters. The molecule has 0 aromatic carbocycles. The lowest BCUT2D eigenvalue weighted by Gasteiger charge is -2.25. The lowest BCUT2D eigenvalue weighted by Crippen LogP contribution is -2.47. The van der Waals surface area contributed by atoms with E-state index in [9.17, 15) is 0 Å². The smallest absolute Gasteiger partial charge is 0.113 e. The minimum absolute atomic E-state index is 0.341. The van der Waals surface area contributed by atoms with Crippen LogP contribution < -0.4 is 5.32 Å². The van der Waals surface area contributed by atoms with E-state index in [1.54, 1.807) is 0 Å². The van der Waals surface area contributed by atoms with Crippen LogP contribution in [0.25, 0.3) is 0 Å². The number of rotatable bonds is 6. The van der Waals surface area contributed by atoms with Crippen molar-refractivity contribution in [3.05, 3.63) is 0 Å². The molecule has 3 nitrogen and oxygen atoms in total. The predicted octanol–water partition coefficient (Wildman–Crippen LogP) is 2.18. The third kappa shape index (κ3) is 4.73. The van der Waals surface area contributed by atoms with Gasteiger partial charge in [0.15, 0.2) is 0 Å². The summed E-state index contributed by atoms with van der Waals surface area (Å²) < 4.78 is 5.56. The first kappa shape index (κ1) is 13.8. The van der Waals surface area contributed by atoms with Gasteiger partial charge in [0.05, 0.1) is 12.2 Å². The maximum Gasteiger partial charge on any atom is 0.113 e. The van der Waals surface area contributed by atoms with Crippen molar-refractivity contribution in [2.24, 2.45) is 0 Å². The average Bonchev–Trinajstić information content (AvgIpc) is 2.69. The standard InChI is InChI=1S/C12H22N2OS/c1-10(2)14-12(3,8-13)9-16-7-11-5-4-6-15-11/h10-11,14H,4-7,9H2,1-3H3. The summed E-state index contributed by atoms with van der Waals surface area (Å²) in [5.74, 6) is 1.83. The number of nitrogens with zero attached hydrogens (tertiary/aromatic N) is 1. The maximum absolute atomic E-state index is 9.17. The van der Waals surface area contributed by atoms with Crippen molar-refractivity contribution in [2.45, 2.75) is 51.3 Å². The van der Waals surface area contributed by atoms with Gasteiger partial charge >= 0.3 is 0 Å². The molecule has 1 aliphatic rings. The highest BCUT2D eigenvalue weighted by Crippen LogP contribution is 2.20. The Kier molecular flexibility index (Phi) is 5.60. The summed E-state index contributed by atoms with van der Waals surface area (Å²) in [6.45, 7) is 7.02. The van der Waals surface area contributed by atoms with Gasteiger partial charge in [-0.1, -0.05) is 0 Å². The van der Waals surface area contributed by atoms with E-state index < -0.39 is 5.54 Å². The van der Waals surface area contributed by atoms with E-state index in [1.165, 1.54) is 12.8 Å². The van der Waals surface area contributed by atoms with E-state index in [1.807, 2.05) is 18.7 Å². The van der Waals surface area contributed by atoms with Gasteiger partial charge in [0.25, 0.3) is 0 Å². The molecule has 16 heavy (non-hydrogen) atoms. The summed E-state index contributed by atoms with van der Waals surface area (Å²) in [6, 6.07) is 2.70. The van der Waals surface area contributed by atoms with Crippen molar-refractivity contribution in [3.8, 4) is 6.07 Å². The molecule has 1 fully saturated rings. The number of nitrogens with one attached hydrogen (secondary N) is 1. The first-order valence-electron chi connectivity index (χ1n) is 5.94. The van der Waals surface area contributed by atoms with Gasteiger partial charge in [-0.2, -0.15) is 17.0 Å². The first-order chi connectivity index (χ1) is 7.56. The molecule has 0 aromatic heterocycles. The molecule has 1 heterocycles. The molecule has 2 unspecified atom stereocenters. The second-order valence-electron chi connectivity index (χ2n) is 4.89. The fourth-order valence-electron chi connectivity index (χ4n) is 1.91. The van der Waals surface area contributed by atoms with Crippen LogP contribution in [0.3, 0.4) is 0 Å². The Balaban J connectivity index is 2.25. The number of nitriles is 1. The molecule has 0 aliphatic carbocycles. The van der Waals surface area contributed by atoms with Gasteiger partial charge in [0.2, 0.25) is 0 Å². The molecule has 1 saturated heterocycles. The molecule has 92 valence electrons. The highest BCUT2D eigenvalue weighted by molar-refractivity contribution is 7.99. The van der Waals surface area contributed by atoms with Crippen LogP contribution >= 0.6 is 11.8 Å². The Morgan fingerprint density at radius 1 is 1.62 bits per heavy atom. The number of hydrogen-bond donors (Lipinski definition) is 1. The normalized spacial score (nSPS) is 24.3. The van der Waals surface area contributed by atoms with Crippen molar-refractivity contribution < 1.29 is 4.74 Å². The molecule has 0 saturated carbocycles. The SMILES string of the molecule is CC(C)NC(C)(C#N)CSCC1CCCO1. The van der Waals surface area contributed by atoms with Crippen LogP contribution in [-0.2, 0) is 4.74 Å². The minimum Gasteiger partial charge on any atom is -0.377 e. The van der Waals surface area contributed by atoms with Crippen molar-refractivity contribution in [1.29, 1.82) is 5.26 Å². The molecular weight excluding hydrogens is 220 g/mol. The quantitative estimate of drug-likeness (QED) is 0.775. The van der Waals surface area contributed by atoms with Crippen molar-refractivity contribution in [2.75, 3.05) is 18.1 Å². The van der Waals surface area contributed by atoms with Crippen molar-refractivity contribution in [1.82, 2.24) is 5.32 Å². The summed E-state index contributed by atoms with van der Waals surface area (Å²) in [5.41, 5.74) is -0.419.